The molecule has 132 valence electrons. The van der Waals surface area contributed by atoms with E-state index in [1.165, 1.54) is 18.4 Å². The molecule has 1 aromatic carbocycles. The standard InChI is InChI=1S/C18H20N2O4S/c1-23-17(21)15-12-25-16(19-15)14-8-5-9-20(10-14)18(22)24-11-13-6-3-2-4-7-13/h2-4,6-7,12,14H,5,8-11H2,1H3. The van der Waals surface area contributed by atoms with Crippen molar-refractivity contribution in [3.8, 4) is 0 Å². The molecule has 1 atom stereocenters. The Kier molecular flexibility index (Phi) is 5.65. The highest BCUT2D eigenvalue weighted by Crippen LogP contribution is 2.29. The molecule has 0 N–H and O–H groups in total. The minimum absolute atomic E-state index is 0.126. The Morgan fingerprint density at radius 2 is 2.12 bits per heavy atom. The highest BCUT2D eigenvalue weighted by atomic mass is 32.1. The number of carbonyl (C=O) groups is 2. The first-order valence-corrected chi connectivity index (χ1v) is 9.04. The van der Waals surface area contributed by atoms with Crippen LogP contribution in [0, 0.1) is 0 Å². The molecule has 6 nitrogen and oxygen atoms in total. The number of esters is 1. The summed E-state index contributed by atoms with van der Waals surface area (Å²) < 4.78 is 10.1. The molecular weight excluding hydrogens is 340 g/mol. The number of rotatable bonds is 4. The Balaban J connectivity index is 1.58. The van der Waals surface area contributed by atoms with Gasteiger partial charge in [0.2, 0.25) is 0 Å². The number of hydrogen-bond donors (Lipinski definition) is 0. The third-order valence-corrected chi connectivity index (χ3v) is 5.16. The molecule has 1 fully saturated rings. The zero-order valence-electron chi connectivity index (χ0n) is 14.0. The minimum atomic E-state index is -0.433. The van der Waals surface area contributed by atoms with Gasteiger partial charge >= 0.3 is 12.1 Å². The Hall–Kier alpha value is -2.41. The molecule has 0 aliphatic carbocycles. The average molecular weight is 360 g/mol. The molecule has 25 heavy (non-hydrogen) atoms. The van der Waals surface area contributed by atoms with E-state index in [0.717, 1.165) is 23.4 Å². The number of likely N-dealkylation sites (tertiary alicyclic amines) is 1. The molecule has 0 radical (unpaired) electrons. The van der Waals surface area contributed by atoms with Crippen LogP contribution in [0.3, 0.4) is 0 Å². The molecule has 2 aromatic rings. The summed E-state index contributed by atoms with van der Waals surface area (Å²) in [5, 5.41) is 2.56. The van der Waals surface area contributed by atoms with Crippen molar-refractivity contribution in [2.75, 3.05) is 20.2 Å². The van der Waals surface area contributed by atoms with Crippen molar-refractivity contribution in [3.05, 3.63) is 52.0 Å². The van der Waals surface area contributed by atoms with Crippen LogP contribution in [0.25, 0.3) is 0 Å². The van der Waals surface area contributed by atoms with Crippen molar-refractivity contribution in [2.24, 2.45) is 0 Å². The molecule has 3 rings (SSSR count). The van der Waals surface area contributed by atoms with E-state index in [1.807, 2.05) is 30.3 Å². The van der Waals surface area contributed by atoms with E-state index in [-0.39, 0.29) is 18.6 Å². The highest BCUT2D eigenvalue weighted by molar-refractivity contribution is 7.09. The van der Waals surface area contributed by atoms with Gasteiger partial charge in [0.15, 0.2) is 5.69 Å². The predicted molar refractivity (Wildman–Crippen MR) is 93.6 cm³/mol. The lowest BCUT2D eigenvalue weighted by Crippen LogP contribution is -2.39. The summed E-state index contributed by atoms with van der Waals surface area (Å²) in [6, 6.07) is 9.62. The van der Waals surface area contributed by atoms with Crippen LogP contribution in [-0.4, -0.2) is 42.1 Å². The van der Waals surface area contributed by atoms with Gasteiger partial charge in [-0.05, 0) is 18.4 Å². The van der Waals surface area contributed by atoms with Gasteiger partial charge in [-0.25, -0.2) is 14.6 Å². The number of methoxy groups -OCH3 is 1. The fraction of sp³-hybridized carbons (Fsp3) is 0.389. The van der Waals surface area contributed by atoms with Crippen LogP contribution >= 0.6 is 11.3 Å². The van der Waals surface area contributed by atoms with Crippen molar-refractivity contribution < 1.29 is 19.1 Å². The minimum Gasteiger partial charge on any atom is -0.464 e. The number of piperidine rings is 1. The number of carbonyl (C=O) groups excluding carboxylic acids is 2. The van der Waals surface area contributed by atoms with Gasteiger partial charge in [0.1, 0.15) is 6.61 Å². The first kappa shape index (κ1) is 17.4. The van der Waals surface area contributed by atoms with E-state index < -0.39 is 5.97 Å². The molecule has 1 aliphatic rings. The van der Waals surface area contributed by atoms with Crippen LogP contribution in [-0.2, 0) is 16.1 Å². The van der Waals surface area contributed by atoms with Gasteiger partial charge in [-0.3, -0.25) is 0 Å². The number of benzene rings is 1. The Morgan fingerprint density at radius 1 is 1.32 bits per heavy atom. The number of amides is 1. The number of aromatic nitrogens is 1. The van der Waals surface area contributed by atoms with E-state index in [0.29, 0.717) is 18.8 Å². The molecular formula is C18H20N2O4S. The van der Waals surface area contributed by atoms with Crippen LogP contribution in [0.15, 0.2) is 35.7 Å². The Morgan fingerprint density at radius 3 is 2.88 bits per heavy atom. The topological polar surface area (TPSA) is 68.7 Å². The monoisotopic (exact) mass is 360 g/mol. The molecule has 0 saturated carbocycles. The Bertz CT molecular complexity index is 732. The van der Waals surface area contributed by atoms with E-state index in [9.17, 15) is 9.59 Å². The molecule has 2 heterocycles. The predicted octanol–water partition coefficient (Wildman–Crippen LogP) is 3.45. The number of ether oxygens (including phenoxy) is 2. The number of thiazole rings is 1. The van der Waals surface area contributed by atoms with Crippen molar-refractivity contribution in [3.63, 3.8) is 0 Å². The summed E-state index contributed by atoms with van der Waals surface area (Å²) in [4.78, 5) is 29.9. The molecule has 0 spiro atoms. The highest BCUT2D eigenvalue weighted by Gasteiger charge is 2.28. The molecule has 1 aromatic heterocycles. The lowest BCUT2D eigenvalue weighted by Gasteiger charge is -2.31. The summed E-state index contributed by atoms with van der Waals surface area (Å²) in [7, 11) is 1.34. The van der Waals surface area contributed by atoms with Gasteiger partial charge in [-0.1, -0.05) is 30.3 Å². The zero-order chi connectivity index (χ0) is 17.6. The summed E-state index contributed by atoms with van der Waals surface area (Å²) in [5.41, 5.74) is 1.29. The maximum Gasteiger partial charge on any atom is 0.410 e. The van der Waals surface area contributed by atoms with Crippen molar-refractivity contribution in [1.29, 1.82) is 0 Å². The largest absolute Gasteiger partial charge is 0.464 e. The van der Waals surface area contributed by atoms with Crippen LogP contribution in [0.4, 0.5) is 4.79 Å². The van der Waals surface area contributed by atoms with Crippen LogP contribution < -0.4 is 0 Å². The molecule has 0 bridgehead atoms. The van der Waals surface area contributed by atoms with Gasteiger partial charge in [0.25, 0.3) is 0 Å². The van der Waals surface area contributed by atoms with Crippen molar-refractivity contribution in [2.45, 2.75) is 25.4 Å². The van der Waals surface area contributed by atoms with Gasteiger partial charge in [-0.15, -0.1) is 11.3 Å². The van der Waals surface area contributed by atoms with Gasteiger partial charge in [0.05, 0.1) is 12.1 Å². The van der Waals surface area contributed by atoms with Gasteiger partial charge in [0, 0.05) is 24.4 Å². The lowest BCUT2D eigenvalue weighted by molar-refractivity contribution is 0.0593. The van der Waals surface area contributed by atoms with Gasteiger partial charge in [-0.2, -0.15) is 0 Å². The first-order chi connectivity index (χ1) is 12.2. The third-order valence-electron chi connectivity index (χ3n) is 4.15. The second-order valence-corrected chi connectivity index (χ2v) is 6.78. The van der Waals surface area contributed by atoms with Crippen LogP contribution in [0.1, 0.15) is 39.8 Å². The Labute approximate surface area is 150 Å². The summed E-state index contributed by atoms with van der Waals surface area (Å²) >= 11 is 1.43. The number of nitrogens with zero attached hydrogens (tertiary/aromatic N) is 2. The molecule has 7 heteroatoms. The SMILES string of the molecule is COC(=O)c1csc(C2CCCN(C(=O)OCc3ccccc3)C2)n1. The maximum absolute atomic E-state index is 12.3. The van der Waals surface area contributed by atoms with E-state index in [1.54, 1.807) is 10.3 Å². The summed E-state index contributed by atoms with van der Waals surface area (Å²) in [6.45, 7) is 1.51. The molecule has 1 amide bonds. The summed E-state index contributed by atoms with van der Waals surface area (Å²) in [6.07, 6.45) is 1.52. The third kappa shape index (κ3) is 4.36. The lowest BCUT2D eigenvalue weighted by atomic mass is 9.99. The fourth-order valence-corrected chi connectivity index (χ4v) is 3.75. The second kappa shape index (κ2) is 8.11. The summed E-state index contributed by atoms with van der Waals surface area (Å²) in [5.74, 6) is -0.307. The average Bonchev–Trinajstić information content (AvgIpc) is 3.16. The van der Waals surface area contributed by atoms with Crippen LogP contribution in [0.5, 0.6) is 0 Å². The maximum atomic E-state index is 12.3. The van der Waals surface area contributed by atoms with Crippen molar-refractivity contribution in [1.82, 2.24) is 9.88 Å². The quantitative estimate of drug-likeness (QED) is 0.781. The number of hydrogen-bond acceptors (Lipinski definition) is 6. The van der Waals surface area contributed by atoms with Gasteiger partial charge < -0.3 is 14.4 Å². The smallest absolute Gasteiger partial charge is 0.410 e. The van der Waals surface area contributed by atoms with Crippen molar-refractivity contribution >= 4 is 23.4 Å². The zero-order valence-corrected chi connectivity index (χ0v) is 14.8. The molecule has 1 saturated heterocycles. The van der Waals surface area contributed by atoms with E-state index in [4.69, 9.17) is 9.47 Å². The fourth-order valence-electron chi connectivity index (χ4n) is 2.83. The first-order valence-electron chi connectivity index (χ1n) is 8.16. The van der Waals surface area contributed by atoms with Crippen LogP contribution in [0.2, 0.25) is 0 Å². The second-order valence-electron chi connectivity index (χ2n) is 5.89. The van der Waals surface area contributed by atoms with E-state index in [2.05, 4.69) is 4.98 Å². The normalized spacial score (nSPS) is 17.2. The molecule has 1 unspecified atom stereocenters. The van der Waals surface area contributed by atoms with E-state index >= 15 is 0 Å². The molecule has 1 aliphatic heterocycles.